The van der Waals surface area contributed by atoms with Gasteiger partial charge in [-0.3, -0.25) is 0 Å². The highest BCUT2D eigenvalue weighted by Gasteiger charge is 2.13. The Morgan fingerprint density at radius 2 is 1.10 bits per heavy atom. The van der Waals surface area contributed by atoms with Gasteiger partial charge in [-0.1, -0.05) is 214 Å². The second kappa shape index (κ2) is 56.8. The SMILES string of the molecule is C=C.C=C/C(C)=C\C.C=CC.C=CC.C=CC(C)=C(C)C.CC.CC.CCC(C)CC.CCCC(C)(C)CC.CCc1cccc(C(C)(C)C)c1. The van der Waals surface area contributed by atoms with Crippen molar-refractivity contribution in [1.82, 2.24) is 0 Å². The summed E-state index contributed by atoms with van der Waals surface area (Å²) in [5.41, 5.74) is 7.59. The second-order valence-electron chi connectivity index (χ2n) is 13.4. The molecule has 0 aliphatic rings. The van der Waals surface area contributed by atoms with Crippen LogP contribution in [0.3, 0.4) is 0 Å². The average Bonchev–Trinajstić information content (AvgIpc) is 3.14. The van der Waals surface area contributed by atoms with Crippen molar-refractivity contribution >= 4 is 0 Å². The monoisotopic (exact) mass is 713 g/mol. The van der Waals surface area contributed by atoms with E-state index in [-0.39, 0.29) is 5.41 Å². The summed E-state index contributed by atoms with van der Waals surface area (Å²) >= 11 is 0. The van der Waals surface area contributed by atoms with E-state index in [0.29, 0.717) is 5.41 Å². The normalized spacial score (nSPS) is 9.04. The number of allylic oxidation sites excluding steroid dienone is 8. The quantitative estimate of drug-likeness (QED) is 0.186. The lowest BCUT2D eigenvalue weighted by molar-refractivity contribution is 0.319. The molecule has 0 unspecified atom stereocenters. The minimum atomic E-state index is 0.283. The maximum atomic E-state index is 3.62. The first-order valence-corrected chi connectivity index (χ1v) is 20.0. The summed E-state index contributed by atoms with van der Waals surface area (Å²) in [6, 6.07) is 8.85. The largest absolute Gasteiger partial charge is 0.106 e. The van der Waals surface area contributed by atoms with E-state index in [1.165, 1.54) is 60.0 Å². The molecule has 1 aromatic rings. The topological polar surface area (TPSA) is 0 Å². The van der Waals surface area contributed by atoms with Crippen LogP contribution < -0.4 is 0 Å². The fraction of sp³-hybridized carbons (Fsp3) is 0.608. The molecule has 0 nitrogen and oxygen atoms in total. The maximum Gasteiger partial charge on any atom is -0.0132 e. The van der Waals surface area contributed by atoms with Crippen LogP contribution in [0.25, 0.3) is 0 Å². The van der Waals surface area contributed by atoms with Crippen LogP contribution in [0.2, 0.25) is 0 Å². The molecule has 0 aliphatic carbocycles. The van der Waals surface area contributed by atoms with Gasteiger partial charge in [-0.25, -0.2) is 0 Å². The van der Waals surface area contributed by atoms with Crippen LogP contribution in [0.4, 0.5) is 0 Å². The molecule has 51 heavy (non-hydrogen) atoms. The minimum absolute atomic E-state index is 0.283. The van der Waals surface area contributed by atoms with E-state index in [0.717, 1.165) is 12.3 Å². The lowest BCUT2D eigenvalue weighted by Gasteiger charge is -2.20. The molecule has 0 aromatic heterocycles. The van der Waals surface area contributed by atoms with Gasteiger partial charge in [0.15, 0.2) is 0 Å². The smallest absolute Gasteiger partial charge is 0.0132 e. The van der Waals surface area contributed by atoms with Crippen molar-refractivity contribution in [3.63, 3.8) is 0 Å². The molecule has 0 fully saturated rings. The molecular formula is C51H100. The summed E-state index contributed by atoms with van der Waals surface area (Å²) in [6.07, 6.45) is 17.0. The lowest BCUT2D eigenvalue weighted by Crippen LogP contribution is -2.10. The number of rotatable bonds is 8. The maximum absolute atomic E-state index is 3.62. The number of benzene rings is 1. The van der Waals surface area contributed by atoms with E-state index < -0.39 is 0 Å². The molecular weight excluding hydrogens is 613 g/mol. The Balaban J connectivity index is -0.0000000584. The molecule has 1 aromatic carbocycles. The number of hydrogen-bond donors (Lipinski definition) is 0. The van der Waals surface area contributed by atoms with Gasteiger partial charge < -0.3 is 0 Å². The summed E-state index contributed by atoms with van der Waals surface area (Å²) in [6.45, 7) is 66.8. The molecule has 0 aliphatic heterocycles. The molecule has 0 saturated carbocycles. The van der Waals surface area contributed by atoms with E-state index in [1.807, 2.05) is 73.6 Å². The zero-order chi connectivity index (χ0) is 43.1. The van der Waals surface area contributed by atoms with Gasteiger partial charge in [0.2, 0.25) is 0 Å². The molecule has 0 atom stereocenters. The minimum Gasteiger partial charge on any atom is -0.106 e. The molecule has 0 saturated heterocycles. The Morgan fingerprint density at radius 1 is 0.706 bits per heavy atom. The number of aryl methyl sites for hydroxylation is 1. The molecule has 1 rings (SSSR count). The number of hydrogen-bond acceptors (Lipinski definition) is 0. The molecule has 0 heterocycles. The van der Waals surface area contributed by atoms with Crippen LogP contribution >= 0.6 is 0 Å². The second-order valence-corrected chi connectivity index (χ2v) is 13.4. The standard InChI is InChI=1S/C12H18.C8H18.C7H12.C6H14.C6H10.2C3H6.2C2H6.C2H4/c1-5-10-7-6-8-11(9-10)12(2,3)4;1-5-7-8(3,4)6-2;1-5-7(4)6(2)3;2*1-4-6(3)5-2;2*1-3-2;3*1-2/h6-9H,5H2,1-4H3;5-7H2,1-4H3;5H,1H2,2-4H3;6H,4-5H2,1-3H3;4-5H,1H2,2-3H3;2*3H,1H2,2H3;2*1-2H3;1-2H2/b;;;;6-5-;;;;;. The Labute approximate surface area is 328 Å². The van der Waals surface area contributed by atoms with Crippen LogP contribution in [0.1, 0.15) is 196 Å². The van der Waals surface area contributed by atoms with Crippen molar-refractivity contribution in [2.75, 3.05) is 0 Å². The van der Waals surface area contributed by atoms with Crippen molar-refractivity contribution in [3.8, 4) is 0 Å². The summed E-state index contributed by atoms with van der Waals surface area (Å²) in [4.78, 5) is 0. The van der Waals surface area contributed by atoms with Crippen LogP contribution in [0, 0.1) is 11.3 Å². The van der Waals surface area contributed by atoms with Crippen molar-refractivity contribution in [1.29, 1.82) is 0 Å². The molecule has 0 spiro atoms. The highest BCUT2D eigenvalue weighted by molar-refractivity contribution is 5.28. The molecule has 0 bridgehead atoms. The van der Waals surface area contributed by atoms with Gasteiger partial charge in [0.05, 0.1) is 0 Å². The molecule has 304 valence electrons. The Hall–Kier alpha value is -2.60. The van der Waals surface area contributed by atoms with E-state index in [1.54, 1.807) is 12.2 Å². The van der Waals surface area contributed by atoms with Crippen molar-refractivity contribution in [2.24, 2.45) is 11.3 Å². The first-order valence-electron chi connectivity index (χ1n) is 20.0. The van der Waals surface area contributed by atoms with Gasteiger partial charge in [0.1, 0.15) is 0 Å². The van der Waals surface area contributed by atoms with Gasteiger partial charge in [0.25, 0.3) is 0 Å². The van der Waals surface area contributed by atoms with Crippen LogP contribution in [0.15, 0.2) is 111 Å². The van der Waals surface area contributed by atoms with E-state index in [4.69, 9.17) is 0 Å². The van der Waals surface area contributed by atoms with Gasteiger partial charge in [-0.05, 0) is 89.2 Å². The first-order chi connectivity index (χ1) is 23.8. The van der Waals surface area contributed by atoms with Gasteiger partial charge in [0, 0.05) is 0 Å². The molecule has 0 radical (unpaired) electrons. The van der Waals surface area contributed by atoms with E-state index in [2.05, 4.69) is 161 Å². The predicted octanol–water partition coefficient (Wildman–Crippen LogP) is 19.1. The molecule has 0 N–H and O–H groups in total. The van der Waals surface area contributed by atoms with Gasteiger partial charge in [-0.15, -0.1) is 26.3 Å². The lowest BCUT2D eigenvalue weighted by atomic mass is 9.86. The van der Waals surface area contributed by atoms with Crippen LogP contribution in [-0.2, 0) is 11.8 Å². The van der Waals surface area contributed by atoms with Crippen molar-refractivity contribution in [2.45, 2.75) is 196 Å². The fourth-order valence-electron chi connectivity index (χ4n) is 2.72. The Bertz CT molecular complexity index is 865. The summed E-state index contributed by atoms with van der Waals surface area (Å²) in [7, 11) is 0. The Kier molecular flexibility index (Phi) is 78.0. The average molecular weight is 713 g/mol. The highest BCUT2D eigenvalue weighted by atomic mass is 14.2. The predicted molar refractivity (Wildman–Crippen MR) is 253 cm³/mol. The summed E-state index contributed by atoms with van der Waals surface area (Å²) < 4.78 is 0. The van der Waals surface area contributed by atoms with Crippen LogP contribution in [-0.4, -0.2) is 0 Å². The highest BCUT2D eigenvalue weighted by Crippen LogP contribution is 2.25. The Morgan fingerprint density at radius 3 is 1.24 bits per heavy atom. The third-order valence-corrected chi connectivity index (χ3v) is 7.35. The molecule has 0 amide bonds. The van der Waals surface area contributed by atoms with E-state index in [9.17, 15) is 0 Å². The fourth-order valence-corrected chi connectivity index (χ4v) is 2.72. The van der Waals surface area contributed by atoms with Crippen molar-refractivity contribution < 1.29 is 0 Å². The summed E-state index contributed by atoms with van der Waals surface area (Å²) in [5, 5.41) is 0. The first kappa shape index (κ1) is 70.1. The zero-order valence-electron chi connectivity index (χ0n) is 39.8. The van der Waals surface area contributed by atoms with Crippen molar-refractivity contribution in [3.05, 3.63) is 122 Å². The third-order valence-electron chi connectivity index (χ3n) is 7.35. The van der Waals surface area contributed by atoms with Crippen LogP contribution in [0.5, 0.6) is 0 Å². The van der Waals surface area contributed by atoms with Gasteiger partial charge in [-0.2, -0.15) is 0 Å². The van der Waals surface area contributed by atoms with E-state index >= 15 is 0 Å². The summed E-state index contributed by atoms with van der Waals surface area (Å²) in [5.74, 6) is 0.935. The molecule has 0 heteroatoms. The van der Waals surface area contributed by atoms with Gasteiger partial charge >= 0.3 is 0 Å². The zero-order valence-corrected chi connectivity index (χ0v) is 39.8. The third kappa shape index (κ3) is 73.7.